The summed E-state index contributed by atoms with van der Waals surface area (Å²) in [7, 11) is 0. The van der Waals surface area contributed by atoms with Gasteiger partial charge in [-0.3, -0.25) is 9.59 Å². The molecule has 0 heterocycles. The lowest BCUT2D eigenvalue weighted by Crippen LogP contribution is -2.12. The minimum Gasteiger partial charge on any atom is -0.319 e. The summed E-state index contributed by atoms with van der Waals surface area (Å²) < 4.78 is 0. The summed E-state index contributed by atoms with van der Waals surface area (Å²) in [5, 5.41) is 2.45. The van der Waals surface area contributed by atoms with Crippen molar-refractivity contribution in [2.75, 3.05) is 5.32 Å². The van der Waals surface area contributed by atoms with Crippen molar-refractivity contribution in [1.82, 2.24) is 0 Å². The van der Waals surface area contributed by atoms with Crippen LogP contribution in [0.2, 0.25) is 0 Å². The highest BCUT2D eigenvalue weighted by molar-refractivity contribution is 6.29. The summed E-state index contributed by atoms with van der Waals surface area (Å²) in [4.78, 5) is 20.7. The zero-order valence-electron chi connectivity index (χ0n) is 6.70. The van der Waals surface area contributed by atoms with Gasteiger partial charge in [0.05, 0.1) is 0 Å². The van der Waals surface area contributed by atoms with E-state index < -0.39 is 5.91 Å². The predicted molar refractivity (Wildman–Crippen MR) is 45.9 cm³/mol. The number of hydrogen-bond acceptors (Lipinski definition) is 2. The molecule has 1 N–H and O–H groups in total. The molecule has 0 saturated heterocycles. The molecule has 1 aromatic rings. The number of anilines is 1. The van der Waals surface area contributed by atoms with Gasteiger partial charge in [-0.15, -0.1) is 0 Å². The van der Waals surface area contributed by atoms with Gasteiger partial charge in [0.1, 0.15) is 0 Å². The van der Waals surface area contributed by atoms with Crippen LogP contribution in [-0.2, 0) is 9.59 Å². The molecule has 0 unspecified atom stereocenters. The topological polar surface area (TPSA) is 46.2 Å². The molecule has 0 aliphatic heterocycles. The van der Waals surface area contributed by atoms with Gasteiger partial charge >= 0.3 is 0 Å². The summed E-state index contributed by atoms with van der Waals surface area (Å²) >= 11 is 0. The van der Waals surface area contributed by atoms with Crippen molar-refractivity contribution in [1.29, 1.82) is 0 Å². The molecule has 0 radical (unpaired) electrons. The Kier molecular flexibility index (Phi) is 2.58. The molecule has 1 rings (SSSR count). The molecule has 1 amide bonds. The average molecular weight is 163 g/mol. The van der Waals surface area contributed by atoms with Crippen molar-refractivity contribution in [2.24, 2.45) is 0 Å². The fourth-order valence-corrected chi connectivity index (χ4v) is 0.875. The Hall–Kier alpha value is -1.64. The number of aldehydes is 1. The fraction of sp³-hybridized carbons (Fsp3) is 0.111. The summed E-state index contributed by atoms with van der Waals surface area (Å²) in [6, 6.07) is 7.27. The van der Waals surface area contributed by atoms with Gasteiger partial charge in [-0.2, -0.15) is 0 Å². The first-order valence-corrected chi connectivity index (χ1v) is 3.56. The van der Waals surface area contributed by atoms with Crippen LogP contribution in [0.5, 0.6) is 0 Å². The number of hydrogen-bond donors (Lipinski definition) is 1. The third-order valence-electron chi connectivity index (χ3n) is 1.51. The minimum atomic E-state index is -0.621. The second kappa shape index (κ2) is 3.67. The first-order valence-electron chi connectivity index (χ1n) is 3.56. The van der Waals surface area contributed by atoms with E-state index in [0.717, 1.165) is 5.56 Å². The molecule has 0 aromatic heterocycles. The average Bonchev–Trinajstić information content (AvgIpc) is 2.09. The Labute approximate surface area is 70.4 Å². The van der Waals surface area contributed by atoms with E-state index >= 15 is 0 Å². The minimum absolute atomic E-state index is 0.256. The summed E-state index contributed by atoms with van der Waals surface area (Å²) in [6.45, 7) is 1.86. The van der Waals surface area contributed by atoms with Crippen molar-refractivity contribution >= 4 is 17.9 Å². The Morgan fingerprint density at radius 2 is 2.08 bits per heavy atom. The molecule has 0 aliphatic carbocycles. The van der Waals surface area contributed by atoms with Gasteiger partial charge in [0.15, 0.2) is 0 Å². The lowest BCUT2D eigenvalue weighted by atomic mass is 10.2. The van der Waals surface area contributed by atoms with Gasteiger partial charge in [0, 0.05) is 5.69 Å². The molecule has 62 valence electrons. The number of carbonyl (C=O) groups excluding carboxylic acids is 2. The maximum Gasteiger partial charge on any atom is 0.288 e. The molecule has 0 fully saturated rings. The number of para-hydroxylation sites is 1. The van der Waals surface area contributed by atoms with E-state index in [2.05, 4.69) is 5.32 Å². The van der Waals surface area contributed by atoms with Gasteiger partial charge in [-0.1, -0.05) is 18.2 Å². The molecule has 0 atom stereocenters. The van der Waals surface area contributed by atoms with Crippen LogP contribution in [0.15, 0.2) is 24.3 Å². The van der Waals surface area contributed by atoms with Crippen LogP contribution in [0.4, 0.5) is 5.69 Å². The number of rotatable bonds is 2. The number of benzene rings is 1. The Morgan fingerprint density at radius 1 is 1.42 bits per heavy atom. The van der Waals surface area contributed by atoms with E-state index in [1.54, 1.807) is 12.1 Å². The molecule has 0 bridgehead atoms. The second-order valence-corrected chi connectivity index (χ2v) is 2.42. The summed E-state index contributed by atoms with van der Waals surface area (Å²) in [5.41, 5.74) is 1.61. The second-order valence-electron chi connectivity index (χ2n) is 2.42. The van der Waals surface area contributed by atoms with Crippen molar-refractivity contribution in [3.63, 3.8) is 0 Å². The van der Waals surface area contributed by atoms with Crippen LogP contribution in [0.1, 0.15) is 5.56 Å². The van der Waals surface area contributed by atoms with Crippen molar-refractivity contribution in [3.05, 3.63) is 29.8 Å². The van der Waals surface area contributed by atoms with Gasteiger partial charge in [0.25, 0.3) is 5.91 Å². The summed E-state index contributed by atoms with van der Waals surface area (Å²) in [5.74, 6) is -0.621. The first kappa shape index (κ1) is 8.46. The lowest BCUT2D eigenvalue weighted by molar-refractivity contribution is -0.127. The van der Waals surface area contributed by atoms with E-state index in [9.17, 15) is 9.59 Å². The third-order valence-corrected chi connectivity index (χ3v) is 1.51. The summed E-state index contributed by atoms with van der Waals surface area (Å²) in [6.07, 6.45) is 0.256. The Bertz CT molecular complexity index is 307. The van der Waals surface area contributed by atoms with Crippen molar-refractivity contribution < 1.29 is 9.59 Å². The molecule has 3 nitrogen and oxygen atoms in total. The lowest BCUT2D eigenvalue weighted by Gasteiger charge is -2.03. The van der Waals surface area contributed by atoms with E-state index in [-0.39, 0.29) is 6.29 Å². The molecular weight excluding hydrogens is 154 g/mol. The fourth-order valence-electron chi connectivity index (χ4n) is 0.875. The van der Waals surface area contributed by atoms with Crippen LogP contribution in [-0.4, -0.2) is 12.2 Å². The maximum atomic E-state index is 10.7. The number of nitrogens with one attached hydrogen (secondary N) is 1. The number of carbonyl (C=O) groups is 2. The first-order chi connectivity index (χ1) is 5.74. The normalized spacial score (nSPS) is 9.08. The van der Waals surface area contributed by atoms with Crippen molar-refractivity contribution in [3.8, 4) is 0 Å². The molecule has 0 spiro atoms. The number of aryl methyl sites for hydroxylation is 1. The SMILES string of the molecule is Cc1ccccc1NC(=O)C=O. The molecular formula is C9H9NO2. The molecule has 1 aromatic carbocycles. The Balaban J connectivity index is 2.82. The van der Waals surface area contributed by atoms with E-state index in [1.807, 2.05) is 19.1 Å². The number of amides is 1. The molecule has 12 heavy (non-hydrogen) atoms. The van der Waals surface area contributed by atoms with E-state index in [1.165, 1.54) is 0 Å². The Morgan fingerprint density at radius 3 is 2.67 bits per heavy atom. The largest absolute Gasteiger partial charge is 0.319 e. The molecule has 0 saturated carbocycles. The smallest absolute Gasteiger partial charge is 0.288 e. The maximum absolute atomic E-state index is 10.7. The molecule has 3 heteroatoms. The van der Waals surface area contributed by atoms with Crippen LogP contribution in [0, 0.1) is 6.92 Å². The standard InChI is InChI=1S/C9H9NO2/c1-7-4-2-3-5-8(7)10-9(12)6-11/h2-6H,1H3,(H,10,12). The van der Waals surface area contributed by atoms with Crippen LogP contribution in [0.3, 0.4) is 0 Å². The zero-order valence-corrected chi connectivity index (χ0v) is 6.70. The third kappa shape index (κ3) is 1.92. The van der Waals surface area contributed by atoms with Crippen LogP contribution >= 0.6 is 0 Å². The van der Waals surface area contributed by atoms with Gasteiger partial charge < -0.3 is 5.32 Å². The van der Waals surface area contributed by atoms with Gasteiger partial charge in [0.2, 0.25) is 6.29 Å². The predicted octanol–water partition coefficient (Wildman–Crippen LogP) is 1.13. The van der Waals surface area contributed by atoms with Crippen molar-refractivity contribution in [2.45, 2.75) is 6.92 Å². The zero-order chi connectivity index (χ0) is 8.97. The quantitative estimate of drug-likeness (QED) is 0.524. The molecule has 0 aliphatic rings. The van der Waals surface area contributed by atoms with Crippen LogP contribution in [0.25, 0.3) is 0 Å². The van der Waals surface area contributed by atoms with Gasteiger partial charge in [-0.25, -0.2) is 0 Å². The van der Waals surface area contributed by atoms with Gasteiger partial charge in [-0.05, 0) is 18.6 Å². The van der Waals surface area contributed by atoms with E-state index in [0.29, 0.717) is 5.69 Å². The highest BCUT2D eigenvalue weighted by Gasteiger charge is 2.00. The highest BCUT2D eigenvalue weighted by Crippen LogP contribution is 2.12. The highest BCUT2D eigenvalue weighted by atomic mass is 16.2. The van der Waals surface area contributed by atoms with E-state index in [4.69, 9.17) is 0 Å². The van der Waals surface area contributed by atoms with Crippen LogP contribution < -0.4 is 5.32 Å². The monoisotopic (exact) mass is 163 g/mol.